The Bertz CT molecular complexity index is 415. The van der Waals surface area contributed by atoms with Crippen LogP contribution in [0.3, 0.4) is 0 Å². The van der Waals surface area contributed by atoms with Crippen molar-refractivity contribution < 1.29 is 4.74 Å². The van der Waals surface area contributed by atoms with Gasteiger partial charge < -0.3 is 9.64 Å². The predicted molar refractivity (Wildman–Crippen MR) is 73.7 cm³/mol. The molecule has 5 nitrogen and oxygen atoms in total. The molecule has 0 unspecified atom stereocenters. The molecule has 96 valence electrons. The Kier molecular flexibility index (Phi) is 5.16. The smallest absolute Gasteiger partial charge is 0.160 e. The SMILES string of the molecule is CS/N=N/N=C(\c1ccccc1)N1CCOCC1. The maximum absolute atomic E-state index is 5.36. The number of amidine groups is 1. The monoisotopic (exact) mass is 264 g/mol. The van der Waals surface area contributed by atoms with E-state index in [2.05, 4.69) is 19.7 Å². The summed E-state index contributed by atoms with van der Waals surface area (Å²) in [4.78, 5) is 2.18. The van der Waals surface area contributed by atoms with Crippen molar-refractivity contribution in [2.45, 2.75) is 0 Å². The third-order valence-corrected chi connectivity index (χ3v) is 2.84. The number of benzene rings is 1. The van der Waals surface area contributed by atoms with Gasteiger partial charge >= 0.3 is 0 Å². The highest BCUT2D eigenvalue weighted by Gasteiger charge is 2.16. The lowest BCUT2D eigenvalue weighted by molar-refractivity contribution is 0.0682. The summed E-state index contributed by atoms with van der Waals surface area (Å²) < 4.78 is 9.18. The molecular formula is C12H16N4OS. The molecule has 0 atom stereocenters. The molecule has 0 spiro atoms. The van der Waals surface area contributed by atoms with Gasteiger partial charge in [-0.3, -0.25) is 0 Å². The second kappa shape index (κ2) is 7.13. The van der Waals surface area contributed by atoms with Crippen LogP contribution >= 0.6 is 11.9 Å². The summed E-state index contributed by atoms with van der Waals surface area (Å²) in [6, 6.07) is 10.0. The first-order chi connectivity index (χ1) is 8.92. The lowest BCUT2D eigenvalue weighted by atomic mass is 10.2. The highest BCUT2D eigenvalue weighted by Crippen LogP contribution is 2.09. The molecule has 1 aliphatic heterocycles. The summed E-state index contributed by atoms with van der Waals surface area (Å²) >= 11 is 1.29. The molecule has 2 rings (SSSR count). The molecule has 0 aromatic heterocycles. The number of ether oxygens (including phenoxy) is 1. The molecule has 0 N–H and O–H groups in total. The van der Waals surface area contributed by atoms with Gasteiger partial charge in [-0.2, -0.15) is 0 Å². The van der Waals surface area contributed by atoms with E-state index >= 15 is 0 Å². The van der Waals surface area contributed by atoms with Crippen molar-refractivity contribution in [1.82, 2.24) is 4.90 Å². The van der Waals surface area contributed by atoms with Gasteiger partial charge in [0.05, 0.1) is 13.2 Å². The van der Waals surface area contributed by atoms with E-state index in [1.54, 1.807) is 0 Å². The molecule has 1 heterocycles. The summed E-state index contributed by atoms with van der Waals surface area (Å²) in [6.07, 6.45) is 1.86. The molecule has 0 radical (unpaired) electrons. The Labute approximate surface area is 111 Å². The van der Waals surface area contributed by atoms with Crippen LogP contribution in [-0.2, 0) is 4.74 Å². The van der Waals surface area contributed by atoms with Gasteiger partial charge in [-0.25, -0.2) is 0 Å². The van der Waals surface area contributed by atoms with E-state index < -0.39 is 0 Å². The quantitative estimate of drug-likeness (QED) is 0.277. The largest absolute Gasteiger partial charge is 0.378 e. The van der Waals surface area contributed by atoms with Crippen molar-refractivity contribution in [3.05, 3.63) is 35.9 Å². The van der Waals surface area contributed by atoms with Gasteiger partial charge in [-0.05, 0) is 17.2 Å². The second-order valence-corrected chi connectivity index (χ2v) is 4.27. The van der Waals surface area contributed by atoms with Crippen LogP contribution in [0.2, 0.25) is 0 Å². The normalized spacial score (nSPS) is 17.4. The average Bonchev–Trinajstić information content (AvgIpc) is 2.46. The van der Waals surface area contributed by atoms with Crippen LogP contribution in [0.25, 0.3) is 0 Å². The highest BCUT2D eigenvalue weighted by atomic mass is 32.2. The Morgan fingerprint density at radius 2 is 1.94 bits per heavy atom. The summed E-state index contributed by atoms with van der Waals surface area (Å²) in [5.74, 6) is 0.858. The maximum Gasteiger partial charge on any atom is 0.160 e. The molecule has 1 aromatic rings. The van der Waals surface area contributed by atoms with E-state index in [1.807, 2.05) is 36.6 Å². The van der Waals surface area contributed by atoms with Crippen molar-refractivity contribution >= 4 is 17.8 Å². The first-order valence-electron chi connectivity index (χ1n) is 5.81. The Morgan fingerprint density at radius 3 is 2.61 bits per heavy atom. The molecule has 0 bridgehead atoms. The Hall–Kier alpha value is -1.40. The van der Waals surface area contributed by atoms with Gasteiger partial charge in [-0.15, -0.1) is 5.10 Å². The van der Waals surface area contributed by atoms with E-state index in [9.17, 15) is 0 Å². The molecule has 0 amide bonds. The zero-order valence-electron chi connectivity index (χ0n) is 10.3. The minimum atomic E-state index is 0.728. The third-order valence-electron chi connectivity index (χ3n) is 2.60. The van der Waals surface area contributed by atoms with Crippen molar-refractivity contribution in [3.8, 4) is 0 Å². The van der Waals surface area contributed by atoms with Crippen molar-refractivity contribution in [2.24, 2.45) is 14.8 Å². The van der Waals surface area contributed by atoms with Gasteiger partial charge in [0.2, 0.25) is 0 Å². The van der Waals surface area contributed by atoms with E-state index in [0.717, 1.165) is 37.7 Å². The number of nitrogens with zero attached hydrogens (tertiary/aromatic N) is 4. The third kappa shape index (κ3) is 3.54. The van der Waals surface area contributed by atoms with Crippen LogP contribution in [0.1, 0.15) is 5.56 Å². The summed E-state index contributed by atoms with van der Waals surface area (Å²) in [6.45, 7) is 3.13. The fourth-order valence-electron chi connectivity index (χ4n) is 1.76. The summed E-state index contributed by atoms with van der Waals surface area (Å²) in [5, 5.41) is 8.07. The molecule has 1 aliphatic rings. The maximum atomic E-state index is 5.36. The van der Waals surface area contributed by atoms with E-state index in [-0.39, 0.29) is 0 Å². The van der Waals surface area contributed by atoms with Crippen molar-refractivity contribution in [3.63, 3.8) is 0 Å². The van der Waals surface area contributed by atoms with Crippen LogP contribution < -0.4 is 0 Å². The Morgan fingerprint density at radius 1 is 1.22 bits per heavy atom. The van der Waals surface area contributed by atoms with E-state index in [0.29, 0.717) is 0 Å². The molecule has 1 aromatic carbocycles. The minimum Gasteiger partial charge on any atom is -0.378 e. The van der Waals surface area contributed by atoms with Gasteiger partial charge in [-0.1, -0.05) is 34.9 Å². The standard InChI is InChI=1S/C12H16N4OS/c1-18-15-14-13-12(11-5-3-2-4-6-11)16-7-9-17-10-8-16/h2-6H,7-10H2,1H3/b13-12+,15-14+. The van der Waals surface area contributed by atoms with Crippen LogP contribution in [0.5, 0.6) is 0 Å². The first kappa shape index (κ1) is 13.0. The van der Waals surface area contributed by atoms with Crippen LogP contribution in [0.4, 0.5) is 0 Å². The Balaban J connectivity index is 2.22. The topological polar surface area (TPSA) is 49.5 Å². The van der Waals surface area contributed by atoms with Gasteiger partial charge in [0.1, 0.15) is 0 Å². The fourth-order valence-corrected chi connectivity index (χ4v) is 1.87. The average molecular weight is 264 g/mol. The summed E-state index contributed by atoms with van der Waals surface area (Å²) in [7, 11) is 0. The zero-order chi connectivity index (χ0) is 12.6. The molecule has 0 aliphatic carbocycles. The first-order valence-corrected chi connectivity index (χ1v) is 6.99. The number of rotatable bonds is 3. The second-order valence-electron chi connectivity index (χ2n) is 3.74. The van der Waals surface area contributed by atoms with Crippen LogP contribution in [0, 0.1) is 0 Å². The minimum absolute atomic E-state index is 0.728. The zero-order valence-corrected chi connectivity index (χ0v) is 11.1. The van der Waals surface area contributed by atoms with Crippen LogP contribution in [-0.4, -0.2) is 43.3 Å². The van der Waals surface area contributed by atoms with Crippen LogP contribution in [0.15, 0.2) is 45.2 Å². The molecule has 18 heavy (non-hydrogen) atoms. The van der Waals surface area contributed by atoms with E-state index in [1.165, 1.54) is 11.9 Å². The lowest BCUT2D eigenvalue weighted by Gasteiger charge is -2.29. The molecule has 1 saturated heterocycles. The van der Waals surface area contributed by atoms with E-state index in [4.69, 9.17) is 4.74 Å². The number of hydrogen-bond donors (Lipinski definition) is 0. The van der Waals surface area contributed by atoms with Crippen molar-refractivity contribution in [1.29, 1.82) is 0 Å². The van der Waals surface area contributed by atoms with Gasteiger partial charge in [0.25, 0.3) is 0 Å². The highest BCUT2D eigenvalue weighted by molar-refractivity contribution is 7.97. The molecule has 0 saturated carbocycles. The number of hydrogen-bond acceptors (Lipinski definition) is 4. The number of morpholine rings is 1. The lowest BCUT2D eigenvalue weighted by Crippen LogP contribution is -2.41. The molecular weight excluding hydrogens is 248 g/mol. The van der Waals surface area contributed by atoms with Crippen molar-refractivity contribution in [2.75, 3.05) is 32.6 Å². The van der Waals surface area contributed by atoms with Gasteiger partial charge in [0, 0.05) is 24.9 Å². The fraction of sp³-hybridized carbons (Fsp3) is 0.417. The van der Waals surface area contributed by atoms with Gasteiger partial charge in [0.15, 0.2) is 5.84 Å². The molecule has 6 heteroatoms. The molecule has 1 fully saturated rings. The predicted octanol–water partition coefficient (Wildman–Crippen LogP) is 2.41. The summed E-state index contributed by atoms with van der Waals surface area (Å²) in [5.41, 5.74) is 1.06.